The first-order valence-electron chi connectivity index (χ1n) is 10.5. The average Bonchev–Trinajstić information content (AvgIpc) is 2.89. The maximum Gasteiger partial charge on any atom is 0.118 e. The van der Waals surface area contributed by atoms with E-state index in [9.17, 15) is 0 Å². The van der Waals surface area contributed by atoms with Gasteiger partial charge in [-0.05, 0) is 83.4 Å². The van der Waals surface area contributed by atoms with Crippen molar-refractivity contribution in [2.45, 2.75) is 0 Å². The van der Waals surface area contributed by atoms with Gasteiger partial charge >= 0.3 is 0 Å². The first-order chi connectivity index (χ1) is 16.6. The van der Waals surface area contributed by atoms with Gasteiger partial charge in [-0.1, -0.05) is 41.4 Å². The number of methoxy groups -OCH3 is 2. The summed E-state index contributed by atoms with van der Waals surface area (Å²) in [5.74, 6) is 1.61. The summed E-state index contributed by atoms with van der Waals surface area (Å²) in [6.07, 6.45) is 3.56. The molecule has 4 nitrogen and oxygen atoms in total. The maximum absolute atomic E-state index is 6.60. The van der Waals surface area contributed by atoms with Crippen LogP contribution in [-0.2, 0) is 0 Å². The Hall–Kier alpha value is -3.60. The molecule has 0 unspecified atom stereocenters. The molecule has 4 rings (SSSR count). The summed E-state index contributed by atoms with van der Waals surface area (Å²) >= 11 is 13.1. The largest absolute Gasteiger partial charge is 0.497 e. The van der Waals surface area contributed by atoms with Gasteiger partial charge in [0, 0.05) is 18.0 Å². The molecule has 0 N–H and O–H groups in total. The molecule has 4 aromatic rings. The third-order valence-electron chi connectivity index (χ3n) is 5.19. The van der Waals surface area contributed by atoms with E-state index in [-0.39, 0.29) is 0 Å². The van der Waals surface area contributed by atoms with Crippen molar-refractivity contribution in [1.82, 2.24) is 0 Å². The SMILES string of the molecule is COc1ccc(C=Nc2ccc(-c3ccc(N=Cc4ccc(OC)cc4)c(Cl)c3Cl)cc2)cc1. The van der Waals surface area contributed by atoms with E-state index in [2.05, 4.69) is 9.98 Å². The standard InChI is InChI=1S/C28H22Cl2N2O2/c1-33-23-11-3-19(4-12-23)17-31-22-9-7-21(8-10-22)25-15-16-26(28(30)27(25)29)32-18-20-5-13-24(34-2)14-6-20/h3-18H,1-2H3. The molecule has 0 atom stereocenters. The lowest BCUT2D eigenvalue weighted by atomic mass is 10.0. The Kier molecular flexibility index (Phi) is 7.63. The normalized spacial score (nSPS) is 11.3. The number of halogens is 2. The molecular weight excluding hydrogens is 467 g/mol. The number of hydrogen-bond acceptors (Lipinski definition) is 4. The van der Waals surface area contributed by atoms with Crippen LogP contribution in [0.15, 0.2) is 94.9 Å². The number of rotatable bonds is 7. The molecule has 0 heterocycles. The number of ether oxygens (including phenoxy) is 2. The quantitative estimate of drug-likeness (QED) is 0.246. The van der Waals surface area contributed by atoms with Crippen LogP contribution in [0, 0.1) is 0 Å². The molecule has 170 valence electrons. The molecule has 0 aliphatic rings. The number of benzene rings is 4. The molecule has 0 aliphatic carbocycles. The summed E-state index contributed by atoms with van der Waals surface area (Å²) in [4.78, 5) is 9.03. The van der Waals surface area contributed by atoms with Gasteiger partial charge in [0.05, 0.1) is 35.6 Å². The second-order valence-corrected chi connectivity index (χ2v) is 8.13. The first kappa shape index (κ1) is 23.6. The fourth-order valence-corrected chi connectivity index (χ4v) is 3.74. The van der Waals surface area contributed by atoms with Gasteiger partial charge in [-0.15, -0.1) is 0 Å². The Balaban J connectivity index is 1.49. The zero-order chi connectivity index (χ0) is 23.9. The minimum Gasteiger partial charge on any atom is -0.497 e. The van der Waals surface area contributed by atoms with E-state index in [1.54, 1.807) is 20.4 Å². The third-order valence-corrected chi connectivity index (χ3v) is 6.06. The van der Waals surface area contributed by atoms with Crippen molar-refractivity contribution in [3.05, 3.63) is 106 Å². The predicted octanol–water partition coefficient (Wildman–Crippen LogP) is 8.18. The third kappa shape index (κ3) is 5.66. The van der Waals surface area contributed by atoms with E-state index in [0.29, 0.717) is 15.7 Å². The lowest BCUT2D eigenvalue weighted by Gasteiger charge is -2.09. The van der Waals surface area contributed by atoms with Crippen LogP contribution in [0.1, 0.15) is 11.1 Å². The fourth-order valence-electron chi connectivity index (χ4n) is 3.26. The highest BCUT2D eigenvalue weighted by molar-refractivity contribution is 6.45. The van der Waals surface area contributed by atoms with Crippen LogP contribution in [-0.4, -0.2) is 26.6 Å². The highest BCUT2D eigenvalue weighted by Crippen LogP contribution is 2.40. The molecule has 0 amide bonds. The Morgan fingerprint density at radius 1 is 0.588 bits per heavy atom. The topological polar surface area (TPSA) is 43.2 Å². The van der Waals surface area contributed by atoms with Crippen LogP contribution >= 0.6 is 23.2 Å². The predicted molar refractivity (Wildman–Crippen MR) is 142 cm³/mol. The minimum absolute atomic E-state index is 0.408. The van der Waals surface area contributed by atoms with E-state index >= 15 is 0 Å². The lowest BCUT2D eigenvalue weighted by Crippen LogP contribution is -1.85. The van der Waals surface area contributed by atoms with E-state index in [4.69, 9.17) is 32.7 Å². The number of aliphatic imine (C=N–C) groups is 2. The lowest BCUT2D eigenvalue weighted by molar-refractivity contribution is 0.414. The smallest absolute Gasteiger partial charge is 0.118 e. The van der Waals surface area contributed by atoms with Crippen LogP contribution in [0.5, 0.6) is 11.5 Å². The van der Waals surface area contributed by atoms with Crippen LogP contribution < -0.4 is 9.47 Å². The van der Waals surface area contributed by atoms with Crippen LogP contribution in [0.25, 0.3) is 11.1 Å². The van der Waals surface area contributed by atoms with Crippen molar-refractivity contribution in [2.75, 3.05) is 14.2 Å². The fraction of sp³-hybridized carbons (Fsp3) is 0.0714. The zero-order valence-corrected chi connectivity index (χ0v) is 20.2. The Morgan fingerprint density at radius 2 is 1.12 bits per heavy atom. The van der Waals surface area contributed by atoms with Gasteiger partial charge in [-0.2, -0.15) is 0 Å². The molecule has 0 spiro atoms. The molecule has 0 bridgehead atoms. The molecule has 0 aromatic heterocycles. The molecule has 0 saturated heterocycles. The van der Waals surface area contributed by atoms with Crippen molar-refractivity contribution in [3.63, 3.8) is 0 Å². The van der Waals surface area contributed by atoms with Crippen molar-refractivity contribution < 1.29 is 9.47 Å². The molecule has 0 saturated carbocycles. The van der Waals surface area contributed by atoms with E-state index in [1.165, 1.54) is 0 Å². The van der Waals surface area contributed by atoms with Crippen molar-refractivity contribution in [2.24, 2.45) is 9.98 Å². The van der Waals surface area contributed by atoms with Gasteiger partial charge in [0.15, 0.2) is 0 Å². The minimum atomic E-state index is 0.408. The number of hydrogen-bond donors (Lipinski definition) is 0. The van der Waals surface area contributed by atoms with E-state index in [1.807, 2.05) is 91.1 Å². The van der Waals surface area contributed by atoms with E-state index < -0.39 is 0 Å². The summed E-state index contributed by atoms with van der Waals surface area (Å²) in [6, 6.07) is 26.9. The van der Waals surface area contributed by atoms with Crippen molar-refractivity contribution in [3.8, 4) is 22.6 Å². The van der Waals surface area contributed by atoms with Crippen molar-refractivity contribution in [1.29, 1.82) is 0 Å². The van der Waals surface area contributed by atoms with Gasteiger partial charge < -0.3 is 9.47 Å². The molecule has 0 fully saturated rings. The maximum atomic E-state index is 6.60. The summed E-state index contributed by atoms with van der Waals surface area (Å²) in [5, 5.41) is 0.867. The van der Waals surface area contributed by atoms with Crippen LogP contribution in [0.3, 0.4) is 0 Å². The molecule has 34 heavy (non-hydrogen) atoms. The van der Waals surface area contributed by atoms with Gasteiger partial charge in [0.2, 0.25) is 0 Å². The average molecular weight is 489 g/mol. The highest BCUT2D eigenvalue weighted by atomic mass is 35.5. The summed E-state index contributed by atoms with van der Waals surface area (Å²) in [5.41, 5.74) is 5.14. The van der Waals surface area contributed by atoms with Gasteiger partial charge in [0.25, 0.3) is 0 Å². The summed E-state index contributed by atoms with van der Waals surface area (Å²) in [7, 11) is 3.28. The monoisotopic (exact) mass is 488 g/mol. The van der Waals surface area contributed by atoms with Gasteiger partial charge in [-0.3, -0.25) is 9.98 Å². The van der Waals surface area contributed by atoms with Gasteiger partial charge in [-0.25, -0.2) is 0 Å². The molecule has 6 heteroatoms. The molecule has 4 aromatic carbocycles. The molecular formula is C28H22Cl2N2O2. The first-order valence-corrected chi connectivity index (χ1v) is 11.3. The Morgan fingerprint density at radius 3 is 1.65 bits per heavy atom. The zero-order valence-electron chi connectivity index (χ0n) is 18.7. The van der Waals surface area contributed by atoms with Crippen molar-refractivity contribution >= 4 is 47.0 Å². The van der Waals surface area contributed by atoms with Gasteiger partial charge in [0.1, 0.15) is 11.5 Å². The number of nitrogens with zero attached hydrogens (tertiary/aromatic N) is 2. The molecule has 0 aliphatic heterocycles. The second kappa shape index (κ2) is 11.0. The summed E-state index contributed by atoms with van der Waals surface area (Å²) < 4.78 is 10.4. The molecule has 0 radical (unpaired) electrons. The van der Waals surface area contributed by atoms with E-state index in [0.717, 1.165) is 39.4 Å². The Bertz CT molecular complexity index is 1310. The van der Waals surface area contributed by atoms with Crippen LogP contribution in [0.2, 0.25) is 10.0 Å². The van der Waals surface area contributed by atoms with Crippen LogP contribution in [0.4, 0.5) is 11.4 Å². The highest BCUT2D eigenvalue weighted by Gasteiger charge is 2.11. The Labute approximate surface area is 209 Å². The second-order valence-electron chi connectivity index (χ2n) is 7.37. The summed E-state index contributed by atoms with van der Waals surface area (Å²) in [6.45, 7) is 0.